The second-order valence-electron chi connectivity index (χ2n) is 4.98. The number of rotatable bonds is 3. The van der Waals surface area contributed by atoms with E-state index in [1.165, 1.54) is 11.6 Å². The van der Waals surface area contributed by atoms with Gasteiger partial charge in [0.05, 0.1) is 17.7 Å². The highest BCUT2D eigenvalue weighted by molar-refractivity contribution is 9.10. The van der Waals surface area contributed by atoms with Crippen LogP contribution in [-0.4, -0.2) is 13.7 Å². The molecule has 0 bridgehead atoms. The molecule has 3 rings (SSSR count). The van der Waals surface area contributed by atoms with Crippen molar-refractivity contribution >= 4 is 27.5 Å². The van der Waals surface area contributed by atoms with Gasteiger partial charge in [0.1, 0.15) is 11.6 Å². The van der Waals surface area contributed by atoms with E-state index in [-0.39, 0.29) is 11.1 Å². The van der Waals surface area contributed by atoms with Gasteiger partial charge in [-0.1, -0.05) is 33.6 Å². The summed E-state index contributed by atoms with van der Waals surface area (Å²) >= 11 is 9.45. The third-order valence-corrected chi connectivity index (χ3v) is 4.40. The molecular weight excluding hydrogens is 357 g/mol. The van der Waals surface area contributed by atoms with Crippen LogP contribution in [0.25, 0.3) is 0 Å². The Hall–Kier alpha value is -1.10. The summed E-state index contributed by atoms with van der Waals surface area (Å²) in [4.78, 5) is 0. The molecule has 1 aliphatic heterocycles. The lowest BCUT2D eigenvalue weighted by atomic mass is 9.96. The summed E-state index contributed by atoms with van der Waals surface area (Å²) in [6.45, 7) is 0.694. The van der Waals surface area contributed by atoms with E-state index in [4.69, 9.17) is 16.3 Å². The first-order valence-corrected chi connectivity index (χ1v) is 7.84. The molecule has 110 valence electrons. The van der Waals surface area contributed by atoms with Gasteiger partial charge in [0.2, 0.25) is 0 Å². The maximum absolute atomic E-state index is 13.4. The van der Waals surface area contributed by atoms with Crippen LogP contribution < -0.4 is 10.1 Å². The minimum atomic E-state index is -0.411. The van der Waals surface area contributed by atoms with Crippen molar-refractivity contribution in [3.8, 4) is 5.75 Å². The van der Waals surface area contributed by atoms with E-state index in [1.807, 2.05) is 13.1 Å². The Bertz CT molecular complexity index is 692. The molecule has 0 amide bonds. The van der Waals surface area contributed by atoms with Crippen molar-refractivity contribution in [3.63, 3.8) is 0 Å². The first-order chi connectivity index (χ1) is 10.1. The van der Waals surface area contributed by atoms with Crippen molar-refractivity contribution in [2.75, 3.05) is 13.7 Å². The van der Waals surface area contributed by atoms with Crippen LogP contribution in [0.5, 0.6) is 5.75 Å². The smallest absolute Gasteiger partial charge is 0.141 e. The number of ether oxygens (including phenoxy) is 1. The summed E-state index contributed by atoms with van der Waals surface area (Å²) in [6, 6.07) is 8.79. The molecule has 1 heterocycles. The molecule has 0 spiro atoms. The van der Waals surface area contributed by atoms with E-state index in [2.05, 4.69) is 27.3 Å². The lowest BCUT2D eigenvalue weighted by Crippen LogP contribution is -2.18. The molecule has 1 N–H and O–H groups in total. The van der Waals surface area contributed by atoms with Crippen LogP contribution >= 0.6 is 27.5 Å². The normalized spacial score (nSPS) is 14.7. The topological polar surface area (TPSA) is 21.3 Å². The number of hydrogen-bond acceptors (Lipinski definition) is 2. The summed E-state index contributed by atoms with van der Waals surface area (Å²) in [5.74, 6) is 0.504. The fourth-order valence-corrected chi connectivity index (χ4v) is 3.42. The molecule has 2 aromatic carbocycles. The SMILES string of the molecule is CNC(c1ccc(F)c(Cl)c1)c1cc(Br)cc2c1OCC2. The Morgan fingerprint density at radius 1 is 1.33 bits per heavy atom. The van der Waals surface area contributed by atoms with Gasteiger partial charge in [-0.2, -0.15) is 0 Å². The van der Waals surface area contributed by atoms with Crippen LogP contribution in [0.2, 0.25) is 5.02 Å². The molecule has 0 aliphatic carbocycles. The molecule has 0 aromatic heterocycles. The number of benzene rings is 2. The molecule has 1 atom stereocenters. The van der Waals surface area contributed by atoms with Crippen molar-refractivity contribution in [1.29, 1.82) is 0 Å². The molecule has 0 fully saturated rings. The van der Waals surface area contributed by atoms with Crippen molar-refractivity contribution in [2.45, 2.75) is 12.5 Å². The Morgan fingerprint density at radius 2 is 2.14 bits per heavy atom. The van der Waals surface area contributed by atoms with Gasteiger partial charge in [-0.15, -0.1) is 0 Å². The zero-order chi connectivity index (χ0) is 15.0. The van der Waals surface area contributed by atoms with E-state index < -0.39 is 5.82 Å². The minimum absolute atomic E-state index is 0.104. The van der Waals surface area contributed by atoms with Gasteiger partial charge in [-0.25, -0.2) is 4.39 Å². The van der Waals surface area contributed by atoms with Crippen LogP contribution in [0.3, 0.4) is 0 Å². The van der Waals surface area contributed by atoms with Gasteiger partial charge in [-0.05, 0) is 42.4 Å². The fourth-order valence-electron chi connectivity index (χ4n) is 2.71. The van der Waals surface area contributed by atoms with Crippen LogP contribution in [-0.2, 0) is 6.42 Å². The fraction of sp³-hybridized carbons (Fsp3) is 0.250. The Labute approximate surface area is 136 Å². The highest BCUT2D eigenvalue weighted by Crippen LogP contribution is 2.39. The van der Waals surface area contributed by atoms with Crippen molar-refractivity contribution < 1.29 is 9.13 Å². The average Bonchev–Trinajstić information content (AvgIpc) is 2.91. The van der Waals surface area contributed by atoms with Crippen LogP contribution in [0.1, 0.15) is 22.7 Å². The van der Waals surface area contributed by atoms with E-state index >= 15 is 0 Å². The van der Waals surface area contributed by atoms with Crippen LogP contribution in [0.4, 0.5) is 4.39 Å². The van der Waals surface area contributed by atoms with Crippen LogP contribution in [0, 0.1) is 5.82 Å². The van der Waals surface area contributed by atoms with E-state index in [1.54, 1.807) is 12.1 Å². The maximum Gasteiger partial charge on any atom is 0.141 e. The Morgan fingerprint density at radius 3 is 2.86 bits per heavy atom. The molecule has 2 nitrogen and oxygen atoms in total. The summed E-state index contributed by atoms with van der Waals surface area (Å²) in [5.41, 5.74) is 3.12. The second-order valence-corrected chi connectivity index (χ2v) is 6.30. The zero-order valence-electron chi connectivity index (χ0n) is 11.4. The second kappa shape index (κ2) is 5.95. The lowest BCUT2D eigenvalue weighted by Gasteiger charge is -2.20. The average molecular weight is 371 g/mol. The summed E-state index contributed by atoms with van der Waals surface area (Å²) in [5, 5.41) is 3.38. The molecule has 2 aromatic rings. The predicted octanol–water partition coefficient (Wildman–Crippen LogP) is 4.49. The molecule has 1 aliphatic rings. The first-order valence-electron chi connectivity index (χ1n) is 6.67. The van der Waals surface area contributed by atoms with E-state index in [0.29, 0.717) is 6.61 Å². The van der Waals surface area contributed by atoms with E-state index in [9.17, 15) is 4.39 Å². The van der Waals surface area contributed by atoms with E-state index in [0.717, 1.165) is 27.8 Å². The number of halogens is 3. The molecule has 0 radical (unpaired) electrons. The predicted molar refractivity (Wildman–Crippen MR) is 85.7 cm³/mol. The van der Waals surface area contributed by atoms with Gasteiger partial charge in [0, 0.05) is 16.5 Å². The zero-order valence-corrected chi connectivity index (χ0v) is 13.8. The van der Waals surface area contributed by atoms with Crippen molar-refractivity contribution in [1.82, 2.24) is 5.32 Å². The molecular formula is C16H14BrClFNO. The molecule has 21 heavy (non-hydrogen) atoms. The summed E-state index contributed by atoms with van der Waals surface area (Å²) in [6.07, 6.45) is 0.905. The highest BCUT2D eigenvalue weighted by Gasteiger charge is 2.24. The quantitative estimate of drug-likeness (QED) is 0.860. The van der Waals surface area contributed by atoms with Crippen molar-refractivity contribution in [3.05, 3.63) is 62.3 Å². The van der Waals surface area contributed by atoms with Gasteiger partial charge in [0.15, 0.2) is 0 Å². The Balaban J connectivity index is 2.10. The number of fused-ring (bicyclic) bond motifs is 1. The molecule has 0 saturated heterocycles. The third-order valence-electron chi connectivity index (χ3n) is 3.65. The summed E-state index contributed by atoms with van der Waals surface area (Å²) in [7, 11) is 1.87. The minimum Gasteiger partial charge on any atom is -0.493 e. The van der Waals surface area contributed by atoms with Crippen molar-refractivity contribution in [2.24, 2.45) is 0 Å². The van der Waals surface area contributed by atoms with Gasteiger partial charge >= 0.3 is 0 Å². The number of nitrogens with one attached hydrogen (secondary N) is 1. The maximum atomic E-state index is 13.4. The monoisotopic (exact) mass is 369 g/mol. The molecule has 5 heteroatoms. The standard InChI is InChI=1S/C16H14BrClFNO/c1-20-15(9-2-3-14(19)13(18)7-9)12-8-11(17)6-10-4-5-21-16(10)12/h2-3,6-8,15,20H,4-5H2,1H3. The number of hydrogen-bond donors (Lipinski definition) is 1. The highest BCUT2D eigenvalue weighted by atomic mass is 79.9. The molecule has 1 unspecified atom stereocenters. The Kier molecular flexibility index (Phi) is 4.20. The van der Waals surface area contributed by atoms with Crippen LogP contribution in [0.15, 0.2) is 34.8 Å². The summed E-state index contributed by atoms with van der Waals surface area (Å²) < 4.78 is 20.2. The largest absolute Gasteiger partial charge is 0.493 e. The first kappa shape index (κ1) is 14.8. The third kappa shape index (κ3) is 2.80. The van der Waals surface area contributed by atoms with Gasteiger partial charge in [0.25, 0.3) is 0 Å². The van der Waals surface area contributed by atoms with Gasteiger partial charge in [-0.3, -0.25) is 0 Å². The molecule has 0 saturated carbocycles. The lowest BCUT2D eigenvalue weighted by molar-refractivity contribution is 0.351. The van der Waals surface area contributed by atoms with Gasteiger partial charge < -0.3 is 10.1 Å².